The lowest BCUT2D eigenvalue weighted by Gasteiger charge is -2.36. The summed E-state index contributed by atoms with van der Waals surface area (Å²) in [6.45, 7) is 3.42. The molecule has 1 saturated heterocycles. The van der Waals surface area contributed by atoms with E-state index < -0.39 is 52.0 Å². The first-order chi connectivity index (χ1) is 24.9. The Morgan fingerprint density at radius 1 is 1.15 bits per heavy atom. The molecule has 0 spiro atoms. The number of sulfonamides is 1. The van der Waals surface area contributed by atoms with Crippen molar-refractivity contribution >= 4 is 45.4 Å². The smallest absolute Gasteiger partial charge is 0.328 e. The van der Waals surface area contributed by atoms with Crippen molar-refractivity contribution in [3.63, 3.8) is 0 Å². The first kappa shape index (κ1) is 39.0. The van der Waals surface area contributed by atoms with Crippen LogP contribution in [-0.4, -0.2) is 107 Å². The summed E-state index contributed by atoms with van der Waals surface area (Å²) >= 11 is 1.36. The van der Waals surface area contributed by atoms with Gasteiger partial charge in [0.2, 0.25) is 15.9 Å². The Kier molecular flexibility index (Phi) is 13.1. The van der Waals surface area contributed by atoms with Crippen molar-refractivity contribution in [2.75, 3.05) is 26.7 Å². The Labute approximate surface area is 308 Å². The average molecular weight is 755 g/mol. The summed E-state index contributed by atoms with van der Waals surface area (Å²) in [4.78, 5) is 47.7. The molecule has 3 atom stereocenters. The molecule has 0 bridgehead atoms. The van der Waals surface area contributed by atoms with Gasteiger partial charge in [0.05, 0.1) is 42.1 Å². The highest BCUT2D eigenvalue weighted by molar-refractivity contribution is 7.89. The van der Waals surface area contributed by atoms with Crippen LogP contribution in [0.1, 0.15) is 54.9 Å². The number of benzene rings is 2. The Morgan fingerprint density at radius 3 is 2.48 bits per heavy atom. The maximum Gasteiger partial charge on any atom is 0.328 e. The van der Waals surface area contributed by atoms with Crippen molar-refractivity contribution < 1.29 is 37.9 Å². The minimum Gasteiger partial charge on any atom is -0.411 e. The number of aliphatic hydroxyl groups is 1. The van der Waals surface area contributed by atoms with Gasteiger partial charge < -0.3 is 25.3 Å². The normalized spacial score (nSPS) is 17.3. The quantitative estimate of drug-likeness (QED) is 0.0758. The van der Waals surface area contributed by atoms with Crippen LogP contribution in [0.2, 0.25) is 0 Å². The van der Waals surface area contributed by atoms with Gasteiger partial charge in [0.1, 0.15) is 17.6 Å². The lowest BCUT2D eigenvalue weighted by Crippen LogP contribution is -2.57. The number of hydrogen-bond acceptors (Lipinski definition) is 11. The van der Waals surface area contributed by atoms with Crippen LogP contribution in [-0.2, 0) is 43.9 Å². The SMILES string of the molecule is COCc1nc(CN2C(=O)CN([C@H](C(=O)N[C@@H](Cc3ccccc3)[C@H](O)CN(CC3CCC3)S(=O)(=O)c3ccc(/C=N/O)cc3)C(C)C)C2=O)cs1. The van der Waals surface area contributed by atoms with Gasteiger partial charge in [-0.2, -0.15) is 4.31 Å². The third-order valence-electron chi connectivity index (χ3n) is 9.40. The van der Waals surface area contributed by atoms with Crippen molar-refractivity contribution in [1.29, 1.82) is 0 Å². The molecule has 3 N–H and O–H groups in total. The van der Waals surface area contributed by atoms with Gasteiger partial charge in [-0.3, -0.25) is 14.5 Å². The number of methoxy groups -OCH3 is 1. The summed E-state index contributed by atoms with van der Waals surface area (Å²) in [6, 6.07) is 12.5. The van der Waals surface area contributed by atoms with E-state index in [9.17, 15) is 27.9 Å². The number of carbonyl (C=O) groups excluding carboxylic acids is 3. The fourth-order valence-corrected chi connectivity index (χ4v) is 8.73. The largest absolute Gasteiger partial charge is 0.411 e. The predicted molar refractivity (Wildman–Crippen MR) is 194 cm³/mol. The number of hydrogen-bond donors (Lipinski definition) is 3. The number of aromatic nitrogens is 1. The van der Waals surface area contributed by atoms with Crippen LogP contribution in [0.15, 0.2) is 70.0 Å². The molecule has 5 rings (SSSR count). The predicted octanol–water partition coefficient (Wildman–Crippen LogP) is 3.47. The van der Waals surface area contributed by atoms with E-state index in [0.29, 0.717) is 22.9 Å². The van der Waals surface area contributed by atoms with Crippen LogP contribution in [0.3, 0.4) is 0 Å². The zero-order valence-electron chi connectivity index (χ0n) is 29.5. The molecule has 2 aliphatic rings. The number of carbonyl (C=O) groups is 3. The molecule has 2 fully saturated rings. The van der Waals surface area contributed by atoms with Gasteiger partial charge in [-0.1, -0.05) is 67.9 Å². The van der Waals surface area contributed by atoms with Gasteiger partial charge in [0.25, 0.3) is 5.91 Å². The third kappa shape index (κ3) is 9.41. The molecule has 16 heteroatoms. The molecule has 1 saturated carbocycles. The lowest BCUT2D eigenvalue weighted by molar-refractivity contribution is -0.129. The Morgan fingerprint density at radius 2 is 1.87 bits per heavy atom. The van der Waals surface area contributed by atoms with Crippen LogP contribution in [0.4, 0.5) is 4.79 Å². The van der Waals surface area contributed by atoms with E-state index in [-0.39, 0.29) is 43.4 Å². The molecule has 0 unspecified atom stereocenters. The number of imide groups is 1. The zero-order chi connectivity index (χ0) is 37.4. The van der Waals surface area contributed by atoms with E-state index >= 15 is 0 Å². The van der Waals surface area contributed by atoms with E-state index in [1.807, 2.05) is 30.3 Å². The van der Waals surface area contributed by atoms with Crippen LogP contribution in [0, 0.1) is 11.8 Å². The minimum atomic E-state index is -4.08. The zero-order valence-corrected chi connectivity index (χ0v) is 31.1. The third-order valence-corrected chi connectivity index (χ3v) is 12.1. The van der Waals surface area contributed by atoms with Gasteiger partial charge in [0.15, 0.2) is 0 Å². The highest BCUT2D eigenvalue weighted by atomic mass is 32.2. The van der Waals surface area contributed by atoms with Crippen LogP contribution < -0.4 is 5.32 Å². The fourth-order valence-electron chi connectivity index (χ4n) is 6.44. The summed E-state index contributed by atoms with van der Waals surface area (Å²) in [7, 11) is -2.52. The first-order valence-electron chi connectivity index (χ1n) is 17.2. The number of urea groups is 1. The van der Waals surface area contributed by atoms with Crippen LogP contribution in [0.25, 0.3) is 0 Å². The van der Waals surface area contributed by atoms with Crippen molar-refractivity contribution in [3.8, 4) is 0 Å². The molecule has 0 radical (unpaired) electrons. The molecule has 4 amide bonds. The molecule has 1 aliphatic heterocycles. The summed E-state index contributed by atoms with van der Waals surface area (Å²) in [5.41, 5.74) is 1.85. The topological polar surface area (TPSA) is 182 Å². The van der Waals surface area contributed by atoms with E-state index in [2.05, 4.69) is 15.5 Å². The number of amides is 4. The molecule has 52 heavy (non-hydrogen) atoms. The number of rotatable bonds is 18. The second-order valence-corrected chi connectivity index (χ2v) is 16.4. The van der Waals surface area contributed by atoms with Crippen molar-refractivity contribution in [1.82, 2.24) is 24.4 Å². The maximum absolute atomic E-state index is 14.2. The number of nitrogens with zero attached hydrogens (tertiary/aromatic N) is 5. The second kappa shape index (κ2) is 17.5. The summed E-state index contributed by atoms with van der Waals surface area (Å²) < 4.78 is 34.4. The highest BCUT2D eigenvalue weighted by Gasteiger charge is 2.44. The lowest BCUT2D eigenvalue weighted by atomic mass is 9.85. The number of thiazole rings is 1. The molecule has 2 heterocycles. The first-order valence-corrected chi connectivity index (χ1v) is 19.6. The van der Waals surface area contributed by atoms with Gasteiger partial charge in [-0.15, -0.1) is 11.3 Å². The van der Waals surface area contributed by atoms with Crippen molar-refractivity contribution in [2.45, 2.75) is 75.8 Å². The van der Waals surface area contributed by atoms with Gasteiger partial charge >= 0.3 is 6.03 Å². The molecule has 2 aromatic carbocycles. The van der Waals surface area contributed by atoms with E-state index in [1.165, 1.54) is 51.0 Å². The molecule has 3 aromatic rings. The Hall–Kier alpha value is -4.22. The molecular formula is C36H46N6O8S2. The van der Waals surface area contributed by atoms with Gasteiger partial charge in [-0.05, 0) is 54.4 Å². The van der Waals surface area contributed by atoms with Crippen molar-refractivity contribution in [3.05, 3.63) is 81.8 Å². The number of ether oxygens (including phenoxy) is 1. The Balaban J connectivity index is 1.37. The summed E-state index contributed by atoms with van der Waals surface area (Å²) in [5, 5.41) is 29.1. The summed E-state index contributed by atoms with van der Waals surface area (Å²) in [5.74, 6) is -1.30. The average Bonchev–Trinajstić information content (AvgIpc) is 3.65. The minimum absolute atomic E-state index is 0.0203. The molecule has 280 valence electrons. The number of oxime groups is 1. The second-order valence-electron chi connectivity index (χ2n) is 13.5. The molecule has 1 aromatic heterocycles. The van der Waals surface area contributed by atoms with Gasteiger partial charge in [0, 0.05) is 25.6 Å². The monoisotopic (exact) mass is 754 g/mol. The Bertz CT molecular complexity index is 1820. The molecule has 1 aliphatic carbocycles. The van der Waals surface area contributed by atoms with Crippen LogP contribution >= 0.6 is 11.3 Å². The fraction of sp³-hybridized carbons (Fsp3) is 0.472. The highest BCUT2D eigenvalue weighted by Crippen LogP contribution is 2.30. The summed E-state index contributed by atoms with van der Waals surface area (Å²) in [6.07, 6.45) is 2.75. The van der Waals surface area contributed by atoms with E-state index in [1.54, 1.807) is 26.3 Å². The molecule has 14 nitrogen and oxygen atoms in total. The molecular weight excluding hydrogens is 709 g/mol. The number of nitrogens with one attached hydrogen (secondary N) is 1. The van der Waals surface area contributed by atoms with Crippen LogP contribution in [0.5, 0.6) is 0 Å². The van der Waals surface area contributed by atoms with Crippen molar-refractivity contribution in [2.24, 2.45) is 17.0 Å². The number of aliphatic hydroxyl groups excluding tert-OH is 1. The maximum atomic E-state index is 14.2. The van der Waals surface area contributed by atoms with Gasteiger partial charge in [-0.25, -0.2) is 18.2 Å². The standard InChI is InChI=1S/C36H46N6O8S2/c1-24(2)34(42-21-33(44)41(36(42)46)19-28-23-51-32(38-28)22-50-3)35(45)39-30(16-25-8-5-4-6-9-25)31(43)20-40(18-27-10-7-11-27)52(48,49)29-14-12-26(13-15-29)17-37-47/h4-6,8-9,12-15,17,23-24,27,30-31,34,43,47H,7,10-11,16,18-22H2,1-3H3,(H,39,45)/b37-17+/t30-,31+,34-/m0/s1. The van der Waals surface area contributed by atoms with E-state index in [4.69, 9.17) is 9.94 Å². The van der Waals surface area contributed by atoms with E-state index in [0.717, 1.165) is 29.7 Å².